The Kier molecular flexibility index (Phi) is 5.32. The van der Waals surface area contributed by atoms with Gasteiger partial charge in [-0.15, -0.1) is 0 Å². The molecule has 0 fully saturated rings. The van der Waals surface area contributed by atoms with Gasteiger partial charge in [-0.3, -0.25) is 4.79 Å². The molecule has 0 saturated heterocycles. The lowest BCUT2D eigenvalue weighted by molar-refractivity contribution is 0.0989. The monoisotopic (exact) mass is 464 g/mol. The first-order valence-corrected chi connectivity index (χ1v) is 10.7. The van der Waals surface area contributed by atoms with Crippen molar-refractivity contribution < 1.29 is 26.4 Å². The zero-order chi connectivity index (χ0) is 22.3. The van der Waals surface area contributed by atoms with E-state index in [1.54, 1.807) is 0 Å². The van der Waals surface area contributed by atoms with E-state index < -0.39 is 38.2 Å². The average molecular weight is 465 g/mol. The molecular weight excluding hydrogens is 453 g/mol. The molecule has 0 radical (unpaired) electrons. The Morgan fingerprint density at radius 2 is 1.61 bits per heavy atom. The first kappa shape index (κ1) is 21.1. The van der Waals surface area contributed by atoms with Crippen LogP contribution in [0.1, 0.15) is 15.9 Å². The van der Waals surface area contributed by atoms with Crippen molar-refractivity contribution in [2.24, 2.45) is 0 Å². The summed E-state index contributed by atoms with van der Waals surface area (Å²) in [7, 11) is -4.70. The molecule has 4 aromatic rings. The number of hydrogen-bond donors (Lipinski definition) is 0. The molecule has 0 saturated carbocycles. The molecule has 0 N–H and O–H groups in total. The number of halogens is 4. The van der Waals surface area contributed by atoms with E-state index in [9.17, 15) is 26.4 Å². The number of carbonyl (C=O) groups excluding carboxylic acids is 1. The average Bonchev–Trinajstić information content (AvgIpc) is 3.11. The Morgan fingerprint density at radius 3 is 2.29 bits per heavy atom. The quantitative estimate of drug-likeness (QED) is 0.399. The third-order valence-corrected chi connectivity index (χ3v) is 6.58. The standard InChI is InChI=1S/C21H12ClF3N2O3S/c22-14-3-1-4-15(23)20(14)19(28)10-12-7-8-13-11-26-27(18(13)9-12)31(29,30)21-16(24)5-2-6-17(21)25/h1-9,11H,10H2. The lowest BCUT2D eigenvalue weighted by Gasteiger charge is -2.09. The van der Waals surface area contributed by atoms with Crippen LogP contribution in [0, 0.1) is 17.5 Å². The van der Waals surface area contributed by atoms with Crippen LogP contribution in [-0.4, -0.2) is 23.4 Å². The topological polar surface area (TPSA) is 69.0 Å². The van der Waals surface area contributed by atoms with Gasteiger partial charge in [0, 0.05) is 11.8 Å². The van der Waals surface area contributed by atoms with E-state index in [1.165, 1.54) is 36.5 Å². The SMILES string of the molecule is O=C(Cc1ccc2cnn(S(=O)(=O)c3c(F)cccc3F)c2c1)c1c(F)cccc1Cl. The Morgan fingerprint density at radius 1 is 0.968 bits per heavy atom. The molecule has 0 aliphatic rings. The smallest absolute Gasteiger partial charge is 0.289 e. The van der Waals surface area contributed by atoms with Gasteiger partial charge >= 0.3 is 0 Å². The first-order chi connectivity index (χ1) is 14.7. The first-order valence-electron chi connectivity index (χ1n) is 8.83. The third-order valence-electron chi connectivity index (χ3n) is 4.61. The molecule has 0 aliphatic carbocycles. The van der Waals surface area contributed by atoms with Crippen LogP contribution < -0.4 is 0 Å². The Labute approximate surface area is 179 Å². The molecule has 0 spiro atoms. The molecule has 5 nitrogen and oxygen atoms in total. The highest BCUT2D eigenvalue weighted by Crippen LogP contribution is 2.26. The van der Waals surface area contributed by atoms with Crippen molar-refractivity contribution in [2.45, 2.75) is 11.3 Å². The second-order valence-electron chi connectivity index (χ2n) is 6.63. The third kappa shape index (κ3) is 3.70. The second-order valence-corrected chi connectivity index (χ2v) is 8.74. The predicted octanol–water partition coefficient (Wildman–Crippen LogP) is 4.77. The Bertz CT molecular complexity index is 1410. The van der Waals surface area contributed by atoms with Gasteiger partial charge in [0.2, 0.25) is 0 Å². The molecule has 0 atom stereocenters. The van der Waals surface area contributed by atoms with Crippen LogP contribution in [0.2, 0.25) is 5.02 Å². The van der Waals surface area contributed by atoms with E-state index in [4.69, 9.17) is 11.6 Å². The molecule has 158 valence electrons. The van der Waals surface area contributed by atoms with E-state index >= 15 is 0 Å². The molecule has 0 unspecified atom stereocenters. The second kappa shape index (κ2) is 7.82. The predicted molar refractivity (Wildman–Crippen MR) is 108 cm³/mol. The Hall–Kier alpha value is -3.17. The van der Waals surface area contributed by atoms with E-state index in [-0.39, 0.29) is 22.5 Å². The van der Waals surface area contributed by atoms with Gasteiger partial charge in [-0.05, 0) is 35.9 Å². The molecule has 3 aromatic carbocycles. The summed E-state index contributed by atoms with van der Waals surface area (Å²) in [5.74, 6) is -3.91. The molecule has 4 rings (SSSR count). The van der Waals surface area contributed by atoms with Gasteiger partial charge in [0.25, 0.3) is 10.0 Å². The fourth-order valence-electron chi connectivity index (χ4n) is 3.20. The number of rotatable bonds is 5. The summed E-state index contributed by atoms with van der Waals surface area (Å²) in [5.41, 5.74) is 0.0641. The van der Waals surface area contributed by atoms with Crippen LogP contribution >= 0.6 is 11.6 Å². The van der Waals surface area contributed by atoms with E-state index in [2.05, 4.69) is 5.10 Å². The molecule has 0 amide bonds. The minimum atomic E-state index is -4.70. The van der Waals surface area contributed by atoms with Crippen LogP contribution in [0.3, 0.4) is 0 Å². The number of carbonyl (C=O) groups is 1. The van der Waals surface area contributed by atoms with Crippen molar-refractivity contribution in [3.05, 3.63) is 94.4 Å². The molecule has 31 heavy (non-hydrogen) atoms. The Balaban J connectivity index is 1.78. The summed E-state index contributed by atoms with van der Waals surface area (Å²) in [5, 5.41) is 4.08. The zero-order valence-electron chi connectivity index (χ0n) is 15.5. The number of aromatic nitrogens is 2. The number of benzene rings is 3. The van der Waals surface area contributed by atoms with E-state index in [0.717, 1.165) is 24.3 Å². The van der Waals surface area contributed by atoms with Gasteiger partial charge in [0.05, 0.1) is 22.3 Å². The van der Waals surface area contributed by atoms with Crippen LogP contribution in [0.25, 0.3) is 10.9 Å². The van der Waals surface area contributed by atoms with Crippen LogP contribution in [-0.2, 0) is 16.4 Å². The normalized spacial score (nSPS) is 11.7. The van der Waals surface area contributed by atoms with E-state index in [0.29, 0.717) is 15.0 Å². The number of fused-ring (bicyclic) bond motifs is 1. The summed E-state index contributed by atoms with van der Waals surface area (Å²) in [6.45, 7) is 0. The molecular formula is C21H12ClF3N2O3S. The maximum atomic E-state index is 14.1. The van der Waals surface area contributed by atoms with Crippen molar-refractivity contribution in [2.75, 3.05) is 0 Å². The fraction of sp³-hybridized carbons (Fsp3) is 0.0476. The van der Waals surface area contributed by atoms with Gasteiger partial charge in [-0.1, -0.05) is 35.9 Å². The molecule has 0 bridgehead atoms. The lowest BCUT2D eigenvalue weighted by Crippen LogP contribution is -2.17. The minimum Gasteiger partial charge on any atom is -0.294 e. The molecule has 10 heteroatoms. The van der Waals surface area contributed by atoms with Gasteiger partial charge < -0.3 is 0 Å². The summed E-state index contributed by atoms with van der Waals surface area (Å²) >= 11 is 5.93. The summed E-state index contributed by atoms with van der Waals surface area (Å²) < 4.78 is 68.5. The maximum absolute atomic E-state index is 14.1. The van der Waals surface area contributed by atoms with Gasteiger partial charge in [-0.25, -0.2) is 13.2 Å². The van der Waals surface area contributed by atoms with Crippen molar-refractivity contribution in [1.29, 1.82) is 0 Å². The van der Waals surface area contributed by atoms with Crippen molar-refractivity contribution in [3.8, 4) is 0 Å². The van der Waals surface area contributed by atoms with Crippen molar-refractivity contribution >= 4 is 38.3 Å². The molecule has 0 aliphatic heterocycles. The minimum absolute atomic E-state index is 0.00702. The number of Topliss-reactive ketones (excluding diaryl/α,β-unsaturated/α-hetero) is 1. The highest BCUT2D eigenvalue weighted by molar-refractivity contribution is 7.90. The van der Waals surface area contributed by atoms with Crippen molar-refractivity contribution in [1.82, 2.24) is 9.19 Å². The zero-order valence-corrected chi connectivity index (χ0v) is 17.1. The van der Waals surface area contributed by atoms with Gasteiger partial charge in [0.15, 0.2) is 10.7 Å². The van der Waals surface area contributed by atoms with Crippen LogP contribution in [0.5, 0.6) is 0 Å². The molecule has 1 heterocycles. The summed E-state index contributed by atoms with van der Waals surface area (Å²) in [6, 6.07) is 10.9. The van der Waals surface area contributed by atoms with Crippen LogP contribution in [0.4, 0.5) is 13.2 Å². The number of hydrogen-bond acceptors (Lipinski definition) is 4. The van der Waals surface area contributed by atoms with E-state index in [1.807, 2.05) is 0 Å². The fourth-order valence-corrected chi connectivity index (χ4v) is 4.85. The van der Waals surface area contributed by atoms with Gasteiger partial charge in [-0.2, -0.15) is 17.6 Å². The summed E-state index contributed by atoms with van der Waals surface area (Å²) in [4.78, 5) is 11.4. The van der Waals surface area contributed by atoms with Crippen LogP contribution in [0.15, 0.2) is 65.7 Å². The van der Waals surface area contributed by atoms with Crippen molar-refractivity contribution in [3.63, 3.8) is 0 Å². The summed E-state index contributed by atoms with van der Waals surface area (Å²) in [6.07, 6.45) is 0.931. The maximum Gasteiger partial charge on any atom is 0.289 e. The highest BCUT2D eigenvalue weighted by Gasteiger charge is 2.28. The number of ketones is 1. The lowest BCUT2D eigenvalue weighted by atomic mass is 10.0. The largest absolute Gasteiger partial charge is 0.294 e. The molecule has 1 aromatic heterocycles. The highest BCUT2D eigenvalue weighted by atomic mass is 35.5. The van der Waals surface area contributed by atoms with Gasteiger partial charge in [0.1, 0.15) is 17.5 Å². The number of nitrogens with zero attached hydrogens (tertiary/aromatic N) is 2.